The second-order valence-corrected chi connectivity index (χ2v) is 12.5. The van der Waals surface area contributed by atoms with Gasteiger partial charge in [-0.1, -0.05) is 26.2 Å². The van der Waals surface area contributed by atoms with Crippen LogP contribution in [0.15, 0.2) is 0 Å². The van der Waals surface area contributed by atoms with Crippen LogP contribution in [0.3, 0.4) is 0 Å². The van der Waals surface area contributed by atoms with Crippen LogP contribution < -0.4 is 0 Å². The minimum absolute atomic E-state index is 0.214. The molecule has 0 N–H and O–H groups in total. The van der Waals surface area contributed by atoms with Gasteiger partial charge in [-0.15, -0.1) is 0 Å². The molecule has 10 heavy (non-hydrogen) atoms. The van der Waals surface area contributed by atoms with Crippen LogP contribution >= 0.6 is 11.1 Å². The molecule has 0 aromatic heterocycles. The fourth-order valence-corrected chi connectivity index (χ4v) is 13.7. The fourth-order valence-electron chi connectivity index (χ4n) is 1.52. The Hall–Kier alpha value is 0.744. The highest BCUT2D eigenvalue weighted by atomic mass is 32.2. The molecule has 0 aliphatic heterocycles. The zero-order valence-electron chi connectivity index (χ0n) is 8.05. The molecule has 0 spiro atoms. The molecule has 0 aromatic rings. The highest BCUT2D eigenvalue weighted by molar-refractivity contribution is 8.15. The standard InChI is InChI=1S/C6H21NSSi2/c1-8(2)7(9(3)4)10(5)6/h8-10H,1-6H3. The van der Waals surface area contributed by atoms with Crippen molar-refractivity contribution in [1.29, 1.82) is 0 Å². The maximum Gasteiger partial charge on any atom is 0.107 e. The van der Waals surface area contributed by atoms with Crippen LogP contribution in [0.1, 0.15) is 0 Å². The third-order valence-corrected chi connectivity index (χ3v) is 13.7. The summed E-state index contributed by atoms with van der Waals surface area (Å²) in [4.78, 5) is 0. The molecule has 0 radical (unpaired) electrons. The summed E-state index contributed by atoms with van der Waals surface area (Å²) >= 11 is 0.214. The van der Waals surface area contributed by atoms with E-state index in [-0.39, 0.29) is 11.1 Å². The van der Waals surface area contributed by atoms with Crippen LogP contribution in [-0.4, -0.2) is 34.1 Å². The molecule has 0 unspecified atom stereocenters. The van der Waals surface area contributed by atoms with E-state index in [4.69, 9.17) is 0 Å². The molecule has 1 nitrogen and oxygen atoms in total. The van der Waals surface area contributed by atoms with E-state index < -0.39 is 17.9 Å². The Balaban J connectivity index is 3.98. The average Bonchev–Trinajstić information content (AvgIpc) is 1.59. The van der Waals surface area contributed by atoms with Gasteiger partial charge >= 0.3 is 0 Å². The van der Waals surface area contributed by atoms with Crippen molar-refractivity contribution in [3.05, 3.63) is 0 Å². The quantitative estimate of drug-likeness (QED) is 0.527. The number of hydrogen-bond acceptors (Lipinski definition) is 1. The van der Waals surface area contributed by atoms with Gasteiger partial charge in [-0.2, -0.15) is 0 Å². The molecule has 0 saturated heterocycles. The maximum absolute atomic E-state index is 2.84. The largest absolute Gasteiger partial charge is 0.316 e. The van der Waals surface area contributed by atoms with Crippen LogP contribution in [0, 0.1) is 0 Å². The molecular weight excluding hydrogens is 174 g/mol. The second-order valence-electron chi connectivity index (χ2n) is 3.41. The second kappa shape index (κ2) is 4.59. The lowest BCUT2D eigenvalue weighted by Gasteiger charge is -2.35. The summed E-state index contributed by atoms with van der Waals surface area (Å²) in [7, 11) is -0.955. The molecular formula is C6H21NSSi2. The van der Waals surface area contributed by atoms with E-state index in [1.807, 2.05) is 0 Å². The Morgan fingerprint density at radius 3 is 1.20 bits per heavy atom. The molecule has 0 saturated carbocycles. The summed E-state index contributed by atoms with van der Waals surface area (Å²) < 4.78 is 2.84. The van der Waals surface area contributed by atoms with Crippen LogP contribution in [0.5, 0.6) is 0 Å². The number of nitrogens with zero attached hydrogens (tertiary/aromatic N) is 1. The van der Waals surface area contributed by atoms with Gasteiger partial charge in [0.2, 0.25) is 0 Å². The van der Waals surface area contributed by atoms with Crippen LogP contribution in [0.2, 0.25) is 26.2 Å². The van der Waals surface area contributed by atoms with Gasteiger partial charge in [-0.3, -0.25) is 0 Å². The molecule has 0 aliphatic rings. The molecule has 0 aliphatic carbocycles. The Morgan fingerprint density at radius 1 is 0.900 bits per heavy atom. The molecule has 0 rings (SSSR count). The first-order valence-electron chi connectivity index (χ1n) is 3.92. The van der Waals surface area contributed by atoms with Crippen molar-refractivity contribution < 1.29 is 0 Å². The van der Waals surface area contributed by atoms with Gasteiger partial charge in [0, 0.05) is 0 Å². The lowest BCUT2D eigenvalue weighted by molar-refractivity contribution is 1.07. The number of rotatable bonds is 3. The molecule has 0 aromatic carbocycles. The van der Waals surface area contributed by atoms with Crippen molar-refractivity contribution in [2.45, 2.75) is 26.2 Å². The monoisotopic (exact) mass is 195 g/mol. The van der Waals surface area contributed by atoms with E-state index >= 15 is 0 Å². The summed E-state index contributed by atoms with van der Waals surface area (Å²) in [6.45, 7) is 9.76. The minimum Gasteiger partial charge on any atom is -0.316 e. The number of hydrogen-bond donors (Lipinski definition) is 1. The average molecular weight is 195 g/mol. The van der Waals surface area contributed by atoms with Crippen LogP contribution in [0.25, 0.3) is 0 Å². The van der Waals surface area contributed by atoms with Gasteiger partial charge in [0.25, 0.3) is 0 Å². The van der Waals surface area contributed by atoms with E-state index in [1.165, 1.54) is 0 Å². The minimum atomic E-state index is -0.477. The van der Waals surface area contributed by atoms with E-state index in [2.05, 4.69) is 42.3 Å². The predicted molar refractivity (Wildman–Crippen MR) is 60.4 cm³/mol. The van der Waals surface area contributed by atoms with Crippen molar-refractivity contribution in [1.82, 2.24) is 3.64 Å². The van der Waals surface area contributed by atoms with Crippen molar-refractivity contribution in [3.63, 3.8) is 0 Å². The van der Waals surface area contributed by atoms with Gasteiger partial charge in [0.15, 0.2) is 0 Å². The topological polar surface area (TPSA) is 3.24 Å². The van der Waals surface area contributed by atoms with Gasteiger partial charge in [0.05, 0.1) is 0 Å². The molecule has 64 valence electrons. The van der Waals surface area contributed by atoms with Gasteiger partial charge in [-0.05, 0) is 12.5 Å². The van der Waals surface area contributed by atoms with E-state index in [0.29, 0.717) is 0 Å². The summed E-state index contributed by atoms with van der Waals surface area (Å²) in [6.07, 6.45) is 4.77. The predicted octanol–water partition coefficient (Wildman–Crippen LogP) is 1.43. The normalized spacial score (nSPS) is 13.5. The van der Waals surface area contributed by atoms with Crippen molar-refractivity contribution in [2.75, 3.05) is 12.5 Å². The third kappa shape index (κ3) is 3.23. The maximum atomic E-state index is 2.84. The first-order valence-corrected chi connectivity index (χ1v) is 11.8. The summed E-state index contributed by atoms with van der Waals surface area (Å²) in [5.41, 5.74) is 0. The lowest BCUT2D eigenvalue weighted by Crippen LogP contribution is -2.39. The zero-order chi connectivity index (χ0) is 8.31. The molecule has 0 amide bonds. The summed E-state index contributed by atoms with van der Waals surface area (Å²) in [5.74, 6) is 0. The fraction of sp³-hybridized carbons (Fsp3) is 1.00. The Bertz CT molecular complexity index is 76.7. The molecule has 0 bridgehead atoms. The summed E-state index contributed by atoms with van der Waals surface area (Å²) in [5, 5.41) is 0. The van der Waals surface area contributed by atoms with E-state index in [9.17, 15) is 0 Å². The van der Waals surface area contributed by atoms with E-state index in [0.717, 1.165) is 0 Å². The molecule has 4 heteroatoms. The van der Waals surface area contributed by atoms with Gasteiger partial charge in [0.1, 0.15) is 17.9 Å². The molecule has 0 fully saturated rings. The Labute approximate surface area is 71.7 Å². The smallest absolute Gasteiger partial charge is 0.107 e. The lowest BCUT2D eigenvalue weighted by atomic mass is 11.9. The molecule has 0 atom stereocenters. The van der Waals surface area contributed by atoms with Crippen LogP contribution in [0.4, 0.5) is 0 Å². The third-order valence-electron chi connectivity index (χ3n) is 1.52. The summed E-state index contributed by atoms with van der Waals surface area (Å²) in [6, 6.07) is 0. The zero-order valence-corrected chi connectivity index (χ0v) is 11.3. The highest BCUT2D eigenvalue weighted by Crippen LogP contribution is 2.24. The van der Waals surface area contributed by atoms with Crippen molar-refractivity contribution >= 4 is 29.0 Å². The van der Waals surface area contributed by atoms with Crippen molar-refractivity contribution in [2.24, 2.45) is 0 Å². The Kier molecular flexibility index (Phi) is 4.93. The van der Waals surface area contributed by atoms with E-state index in [1.54, 1.807) is 0 Å². The first-order chi connectivity index (χ1) is 4.46. The Morgan fingerprint density at radius 2 is 1.20 bits per heavy atom. The van der Waals surface area contributed by atoms with Gasteiger partial charge in [-0.25, -0.2) is 11.1 Å². The van der Waals surface area contributed by atoms with Crippen molar-refractivity contribution in [3.8, 4) is 0 Å². The van der Waals surface area contributed by atoms with Gasteiger partial charge < -0.3 is 3.64 Å². The van der Waals surface area contributed by atoms with Crippen LogP contribution in [-0.2, 0) is 0 Å². The molecule has 0 heterocycles. The first kappa shape index (κ1) is 10.7. The number of thiol groups is 1. The SMILES string of the molecule is C[SiH](C)N([SiH](C)C)[SH](C)C. The highest BCUT2D eigenvalue weighted by Gasteiger charge is 2.15.